The lowest BCUT2D eigenvalue weighted by molar-refractivity contribution is 1.07. The molecule has 318 valence electrons. The van der Waals surface area contributed by atoms with Crippen LogP contribution < -0.4 is 0 Å². The van der Waals surface area contributed by atoms with Crippen molar-refractivity contribution in [3.8, 4) is 78.9 Å². The highest BCUT2D eigenvalue weighted by Gasteiger charge is 2.18. The topological polar surface area (TPSA) is 48.5 Å². The highest BCUT2D eigenvalue weighted by molar-refractivity contribution is 6.12. The van der Waals surface area contributed by atoms with E-state index in [1.165, 1.54) is 54.8 Å². The fourth-order valence-electron chi connectivity index (χ4n) is 9.87. The van der Waals surface area contributed by atoms with Gasteiger partial charge in [-0.1, -0.05) is 200 Å². The molecule has 5 nitrogen and oxygen atoms in total. The Morgan fingerprint density at radius 1 is 0.206 bits per heavy atom. The van der Waals surface area contributed by atoms with Crippen LogP contribution in [-0.2, 0) is 0 Å². The van der Waals surface area contributed by atoms with Crippen LogP contribution in [0.1, 0.15) is 0 Å². The van der Waals surface area contributed by atoms with Crippen LogP contribution in [0, 0.1) is 0 Å². The number of rotatable bonds is 8. The van der Waals surface area contributed by atoms with Gasteiger partial charge in [-0.2, -0.15) is 0 Å². The van der Waals surface area contributed by atoms with Crippen LogP contribution >= 0.6 is 0 Å². The Bertz CT molecular complexity index is 3930. The lowest BCUT2D eigenvalue weighted by Crippen LogP contribution is -2.01. The summed E-state index contributed by atoms with van der Waals surface area (Å²) < 4.78 is 4.78. The van der Waals surface area contributed by atoms with Crippen molar-refractivity contribution < 1.29 is 0 Å². The van der Waals surface area contributed by atoms with Gasteiger partial charge in [0, 0.05) is 49.6 Å². The number of benzene rings is 10. The predicted octanol–water partition coefficient (Wildman–Crippen LogP) is 16.1. The van der Waals surface area contributed by atoms with E-state index in [1.807, 2.05) is 60.7 Å². The molecule has 0 amide bonds. The molecule has 5 heteroatoms. The van der Waals surface area contributed by atoms with Gasteiger partial charge in [0.25, 0.3) is 0 Å². The molecule has 0 unspecified atom stereocenters. The smallest absolute Gasteiger partial charge is 0.164 e. The Labute approximate surface area is 393 Å². The lowest BCUT2D eigenvalue weighted by Gasteiger charge is -2.12. The number of nitrogens with zero attached hydrogens (tertiary/aromatic N) is 5. The highest BCUT2D eigenvalue weighted by atomic mass is 15.0. The minimum atomic E-state index is 0.622. The molecule has 0 radical (unpaired) electrons. The minimum Gasteiger partial charge on any atom is -0.309 e. The van der Waals surface area contributed by atoms with E-state index in [1.54, 1.807) is 0 Å². The molecule has 13 aromatic rings. The Balaban J connectivity index is 0.910. The van der Waals surface area contributed by atoms with Crippen molar-refractivity contribution in [2.45, 2.75) is 0 Å². The summed E-state index contributed by atoms with van der Waals surface area (Å²) in [4.78, 5) is 15.1. The Morgan fingerprint density at radius 2 is 0.559 bits per heavy atom. The third-order valence-corrected chi connectivity index (χ3v) is 13.2. The van der Waals surface area contributed by atoms with E-state index in [0.29, 0.717) is 17.5 Å². The second-order valence-corrected chi connectivity index (χ2v) is 17.2. The van der Waals surface area contributed by atoms with Crippen molar-refractivity contribution in [1.82, 2.24) is 24.1 Å². The largest absolute Gasteiger partial charge is 0.309 e. The maximum atomic E-state index is 5.07. The molecule has 0 aliphatic heterocycles. The molecular weight excluding hydrogens is 827 g/mol. The minimum absolute atomic E-state index is 0.622. The zero-order chi connectivity index (χ0) is 45.0. The number of fused-ring (bicyclic) bond motifs is 6. The Kier molecular flexibility index (Phi) is 9.43. The number of hydrogen-bond acceptors (Lipinski definition) is 3. The third kappa shape index (κ3) is 6.84. The second kappa shape index (κ2) is 16.4. The summed E-state index contributed by atoms with van der Waals surface area (Å²) in [5, 5.41) is 4.84. The van der Waals surface area contributed by atoms with E-state index >= 15 is 0 Å². The summed E-state index contributed by atoms with van der Waals surface area (Å²) in [5.74, 6) is 1.90. The Morgan fingerprint density at radius 3 is 1.06 bits per heavy atom. The summed E-state index contributed by atoms with van der Waals surface area (Å²) >= 11 is 0. The van der Waals surface area contributed by atoms with Crippen LogP contribution in [-0.4, -0.2) is 24.1 Å². The first kappa shape index (κ1) is 39.2. The maximum absolute atomic E-state index is 5.07. The average molecular weight is 868 g/mol. The van der Waals surface area contributed by atoms with Gasteiger partial charge in [-0.15, -0.1) is 0 Å². The molecule has 0 N–H and O–H groups in total. The lowest BCUT2D eigenvalue weighted by atomic mass is 10.00. The molecule has 0 saturated heterocycles. The van der Waals surface area contributed by atoms with Crippen LogP contribution in [0.25, 0.3) is 123 Å². The molecule has 3 aromatic heterocycles. The van der Waals surface area contributed by atoms with Crippen molar-refractivity contribution >= 4 is 43.6 Å². The van der Waals surface area contributed by atoms with E-state index in [9.17, 15) is 0 Å². The van der Waals surface area contributed by atoms with Gasteiger partial charge in [-0.3, -0.25) is 0 Å². The van der Waals surface area contributed by atoms with Gasteiger partial charge >= 0.3 is 0 Å². The molecule has 0 saturated carbocycles. The van der Waals surface area contributed by atoms with E-state index < -0.39 is 0 Å². The first-order valence-electron chi connectivity index (χ1n) is 23.0. The number of aromatic nitrogens is 5. The molecule has 0 aliphatic rings. The molecule has 10 aromatic carbocycles. The fraction of sp³-hybridized carbons (Fsp3) is 0. The van der Waals surface area contributed by atoms with Crippen LogP contribution in [0.2, 0.25) is 0 Å². The van der Waals surface area contributed by atoms with E-state index in [2.05, 4.69) is 197 Å². The third-order valence-electron chi connectivity index (χ3n) is 13.2. The van der Waals surface area contributed by atoms with Crippen molar-refractivity contribution in [2.24, 2.45) is 0 Å². The molecular formula is C63H41N5. The number of hydrogen-bond donors (Lipinski definition) is 0. The summed E-state index contributed by atoms with van der Waals surface area (Å²) in [6.07, 6.45) is 0. The monoisotopic (exact) mass is 867 g/mol. The quantitative estimate of drug-likeness (QED) is 0.153. The van der Waals surface area contributed by atoms with Gasteiger partial charge < -0.3 is 9.13 Å². The van der Waals surface area contributed by atoms with E-state index in [0.717, 1.165) is 50.2 Å². The number of para-hydroxylation sites is 2. The molecule has 3 heterocycles. The fourth-order valence-corrected chi connectivity index (χ4v) is 9.87. The zero-order valence-corrected chi connectivity index (χ0v) is 36.9. The van der Waals surface area contributed by atoms with Crippen LogP contribution in [0.3, 0.4) is 0 Å². The molecule has 0 atom stereocenters. The standard InChI is InChI=1S/C63H41N5/c1-4-15-42(16-5-1)43-27-29-44(30-28-43)45-31-35-51(36-32-45)67-57-25-12-10-23-53(57)55-37-33-48(40-59(55)67)49-34-38-56-54-24-11-13-26-58(54)68(60(56)41-49)52-22-14-21-50(39-52)63-65-61(46-17-6-2-7-18-46)64-62(66-63)47-19-8-3-9-20-47/h1-41H. The van der Waals surface area contributed by atoms with Gasteiger partial charge in [0.2, 0.25) is 0 Å². The SMILES string of the molecule is c1ccc(-c2ccc(-c3ccc(-n4c5ccccc5c5ccc(-c6ccc7c8ccccc8n(-c8cccc(-c9nc(-c%10ccccc%10)nc(-c%10ccccc%10)n9)c8)c7c6)cc54)cc3)cc2)cc1. The maximum Gasteiger partial charge on any atom is 0.164 e. The van der Waals surface area contributed by atoms with Gasteiger partial charge in [0.1, 0.15) is 0 Å². The second-order valence-electron chi connectivity index (χ2n) is 17.2. The summed E-state index contributed by atoms with van der Waals surface area (Å²) in [6, 6.07) is 88.4. The van der Waals surface area contributed by atoms with Crippen LogP contribution in [0.4, 0.5) is 0 Å². The van der Waals surface area contributed by atoms with Crippen LogP contribution in [0.5, 0.6) is 0 Å². The molecule has 68 heavy (non-hydrogen) atoms. The summed E-state index contributed by atoms with van der Waals surface area (Å²) in [7, 11) is 0. The van der Waals surface area contributed by atoms with E-state index in [-0.39, 0.29) is 0 Å². The first-order chi connectivity index (χ1) is 33.7. The molecule has 0 bridgehead atoms. The van der Waals surface area contributed by atoms with E-state index in [4.69, 9.17) is 15.0 Å². The first-order valence-corrected chi connectivity index (χ1v) is 23.0. The summed E-state index contributed by atoms with van der Waals surface area (Å²) in [5.41, 5.74) is 16.7. The van der Waals surface area contributed by atoms with Gasteiger partial charge in [-0.05, 0) is 81.9 Å². The van der Waals surface area contributed by atoms with Crippen molar-refractivity contribution in [3.05, 3.63) is 249 Å². The van der Waals surface area contributed by atoms with Gasteiger partial charge in [0.05, 0.1) is 22.1 Å². The normalized spacial score (nSPS) is 11.5. The summed E-state index contributed by atoms with van der Waals surface area (Å²) in [6.45, 7) is 0. The van der Waals surface area contributed by atoms with Crippen molar-refractivity contribution in [3.63, 3.8) is 0 Å². The zero-order valence-electron chi connectivity index (χ0n) is 36.9. The Hall–Kier alpha value is -9.19. The van der Waals surface area contributed by atoms with Gasteiger partial charge in [-0.25, -0.2) is 15.0 Å². The average Bonchev–Trinajstić information content (AvgIpc) is 3.94. The molecule has 0 fully saturated rings. The van der Waals surface area contributed by atoms with Crippen molar-refractivity contribution in [2.75, 3.05) is 0 Å². The van der Waals surface area contributed by atoms with Crippen LogP contribution in [0.15, 0.2) is 249 Å². The highest BCUT2D eigenvalue weighted by Crippen LogP contribution is 2.39. The van der Waals surface area contributed by atoms with Gasteiger partial charge in [0.15, 0.2) is 17.5 Å². The molecule has 0 aliphatic carbocycles. The molecule has 0 spiro atoms. The predicted molar refractivity (Wildman–Crippen MR) is 281 cm³/mol. The van der Waals surface area contributed by atoms with Crippen molar-refractivity contribution in [1.29, 1.82) is 0 Å². The molecule has 13 rings (SSSR count).